The standard InChI is InChI=1S/C20H17BrN2O3S/c1-15-10-11-16-6-4-9-19(20(16)23-15)27(24,25)22-12-2-3-13-26-18-8-5-7-17(21)14-18/h4-11,14,22H,12-13H2,1H3. The Labute approximate surface area is 167 Å². The van der Waals surface area contributed by atoms with Crippen LogP contribution in [0.25, 0.3) is 10.9 Å². The Kier molecular flexibility index (Phi) is 6.11. The highest BCUT2D eigenvalue weighted by Crippen LogP contribution is 2.21. The fourth-order valence-electron chi connectivity index (χ4n) is 2.43. The molecular weight excluding hydrogens is 428 g/mol. The highest BCUT2D eigenvalue weighted by atomic mass is 79.9. The summed E-state index contributed by atoms with van der Waals surface area (Å²) in [6.07, 6.45) is 0. The van der Waals surface area contributed by atoms with Crippen LogP contribution in [0.4, 0.5) is 0 Å². The molecule has 1 aromatic heterocycles. The maximum absolute atomic E-state index is 12.6. The van der Waals surface area contributed by atoms with Gasteiger partial charge in [-0.1, -0.05) is 52.0 Å². The fourth-order valence-corrected chi connectivity index (χ4v) is 3.90. The average Bonchev–Trinajstić information content (AvgIpc) is 2.64. The first-order valence-electron chi connectivity index (χ1n) is 8.16. The molecule has 2 aromatic carbocycles. The Morgan fingerprint density at radius 2 is 1.93 bits per heavy atom. The number of fused-ring (bicyclic) bond motifs is 1. The molecule has 0 radical (unpaired) electrons. The molecule has 0 spiro atoms. The summed E-state index contributed by atoms with van der Waals surface area (Å²) in [5, 5.41) is 0.775. The van der Waals surface area contributed by atoms with Crippen LogP contribution in [0.1, 0.15) is 5.69 Å². The van der Waals surface area contributed by atoms with Crippen LogP contribution in [-0.4, -0.2) is 26.6 Å². The van der Waals surface area contributed by atoms with Gasteiger partial charge in [0.1, 0.15) is 17.3 Å². The number of aromatic nitrogens is 1. The van der Waals surface area contributed by atoms with E-state index in [1.807, 2.05) is 49.4 Å². The third-order valence-corrected chi connectivity index (χ3v) is 5.62. The quantitative estimate of drug-likeness (QED) is 0.609. The molecule has 3 rings (SSSR count). The lowest BCUT2D eigenvalue weighted by Gasteiger charge is -2.07. The van der Waals surface area contributed by atoms with E-state index >= 15 is 0 Å². The Morgan fingerprint density at radius 1 is 1.11 bits per heavy atom. The summed E-state index contributed by atoms with van der Waals surface area (Å²) in [5.41, 5.74) is 1.21. The van der Waals surface area contributed by atoms with Crippen molar-refractivity contribution in [2.75, 3.05) is 13.2 Å². The van der Waals surface area contributed by atoms with E-state index in [0.29, 0.717) is 11.3 Å². The largest absolute Gasteiger partial charge is 0.481 e. The summed E-state index contributed by atoms with van der Waals surface area (Å²) < 4.78 is 34.1. The van der Waals surface area contributed by atoms with E-state index in [1.54, 1.807) is 12.1 Å². The summed E-state index contributed by atoms with van der Waals surface area (Å²) in [6.45, 7) is 1.99. The number of aryl methyl sites for hydroxylation is 1. The van der Waals surface area contributed by atoms with Crippen molar-refractivity contribution in [3.05, 3.63) is 64.8 Å². The van der Waals surface area contributed by atoms with Crippen LogP contribution in [0, 0.1) is 18.8 Å². The fraction of sp³-hybridized carbons (Fsp3) is 0.150. The van der Waals surface area contributed by atoms with Gasteiger partial charge in [-0.25, -0.2) is 8.42 Å². The zero-order valence-electron chi connectivity index (χ0n) is 14.6. The van der Waals surface area contributed by atoms with Gasteiger partial charge in [-0.15, -0.1) is 0 Å². The molecule has 5 nitrogen and oxygen atoms in total. The van der Waals surface area contributed by atoms with E-state index in [4.69, 9.17) is 4.74 Å². The van der Waals surface area contributed by atoms with Crippen LogP contribution < -0.4 is 9.46 Å². The molecule has 0 saturated heterocycles. The highest BCUT2D eigenvalue weighted by Gasteiger charge is 2.17. The maximum Gasteiger partial charge on any atom is 0.243 e. The molecule has 1 N–H and O–H groups in total. The van der Waals surface area contributed by atoms with Crippen molar-refractivity contribution < 1.29 is 13.2 Å². The summed E-state index contributed by atoms with van der Waals surface area (Å²) in [4.78, 5) is 4.51. The summed E-state index contributed by atoms with van der Waals surface area (Å²) >= 11 is 3.36. The van der Waals surface area contributed by atoms with Crippen molar-refractivity contribution >= 4 is 36.9 Å². The second-order valence-electron chi connectivity index (χ2n) is 5.70. The Morgan fingerprint density at radius 3 is 2.74 bits per heavy atom. The smallest absolute Gasteiger partial charge is 0.243 e. The predicted molar refractivity (Wildman–Crippen MR) is 109 cm³/mol. The van der Waals surface area contributed by atoms with Gasteiger partial charge >= 0.3 is 0 Å². The highest BCUT2D eigenvalue weighted by molar-refractivity contribution is 9.10. The number of ether oxygens (including phenoxy) is 1. The van der Waals surface area contributed by atoms with Gasteiger partial charge in [0.05, 0.1) is 12.1 Å². The van der Waals surface area contributed by atoms with Crippen molar-refractivity contribution in [1.82, 2.24) is 9.71 Å². The molecule has 1 heterocycles. The van der Waals surface area contributed by atoms with Gasteiger partial charge in [0.2, 0.25) is 10.0 Å². The molecule has 0 amide bonds. The maximum atomic E-state index is 12.6. The van der Waals surface area contributed by atoms with Crippen molar-refractivity contribution in [2.24, 2.45) is 0 Å². The van der Waals surface area contributed by atoms with Gasteiger partial charge < -0.3 is 4.74 Å². The first kappa shape index (κ1) is 19.4. The molecule has 138 valence electrons. The second kappa shape index (κ2) is 8.53. The lowest BCUT2D eigenvalue weighted by atomic mass is 10.2. The van der Waals surface area contributed by atoms with Crippen LogP contribution in [0.5, 0.6) is 5.75 Å². The summed E-state index contributed by atoms with van der Waals surface area (Å²) in [6, 6.07) is 16.2. The van der Waals surface area contributed by atoms with Crippen LogP contribution in [0.15, 0.2) is 64.0 Å². The SMILES string of the molecule is Cc1ccc2cccc(S(=O)(=O)NCC#CCOc3cccc(Br)c3)c2n1. The zero-order valence-corrected chi connectivity index (χ0v) is 17.0. The second-order valence-corrected chi connectivity index (χ2v) is 8.36. The monoisotopic (exact) mass is 444 g/mol. The minimum absolute atomic E-state index is 0.00756. The van der Waals surface area contributed by atoms with E-state index in [0.717, 1.165) is 15.6 Å². The Balaban J connectivity index is 1.64. The number of hydrogen-bond acceptors (Lipinski definition) is 4. The first-order valence-corrected chi connectivity index (χ1v) is 10.4. The molecule has 27 heavy (non-hydrogen) atoms. The van der Waals surface area contributed by atoms with Gasteiger partial charge in [-0.05, 0) is 37.3 Å². The first-order chi connectivity index (χ1) is 13.0. The number of pyridine rings is 1. The molecule has 7 heteroatoms. The lowest BCUT2D eigenvalue weighted by Crippen LogP contribution is -2.24. The summed E-state index contributed by atoms with van der Waals surface area (Å²) in [5.74, 6) is 6.24. The molecule has 0 aliphatic heterocycles. The Bertz CT molecular complexity index is 1130. The van der Waals surface area contributed by atoms with Crippen molar-refractivity contribution in [3.8, 4) is 17.6 Å². The van der Waals surface area contributed by atoms with Gasteiger partial charge in [0, 0.05) is 15.6 Å². The molecule has 0 aliphatic carbocycles. The molecule has 0 unspecified atom stereocenters. The average molecular weight is 445 g/mol. The number of hydrogen-bond donors (Lipinski definition) is 1. The van der Waals surface area contributed by atoms with Crippen molar-refractivity contribution in [3.63, 3.8) is 0 Å². The molecule has 0 saturated carbocycles. The zero-order chi connectivity index (χ0) is 19.3. The molecule has 0 aliphatic rings. The van der Waals surface area contributed by atoms with Gasteiger partial charge in [0.15, 0.2) is 0 Å². The third kappa shape index (κ3) is 5.07. The van der Waals surface area contributed by atoms with E-state index < -0.39 is 10.0 Å². The lowest BCUT2D eigenvalue weighted by molar-refractivity contribution is 0.370. The van der Waals surface area contributed by atoms with Crippen LogP contribution >= 0.6 is 15.9 Å². The number of rotatable bonds is 5. The molecule has 3 aromatic rings. The number of sulfonamides is 1. The number of nitrogens with zero attached hydrogens (tertiary/aromatic N) is 1. The van der Waals surface area contributed by atoms with Gasteiger partial charge in [-0.3, -0.25) is 4.98 Å². The molecule has 0 atom stereocenters. The van der Waals surface area contributed by atoms with Crippen LogP contribution in [0.3, 0.4) is 0 Å². The normalized spacial score (nSPS) is 11.0. The van der Waals surface area contributed by atoms with E-state index in [9.17, 15) is 8.42 Å². The van der Waals surface area contributed by atoms with Crippen molar-refractivity contribution in [2.45, 2.75) is 11.8 Å². The van der Waals surface area contributed by atoms with Crippen LogP contribution in [-0.2, 0) is 10.0 Å². The van der Waals surface area contributed by atoms with Crippen molar-refractivity contribution in [1.29, 1.82) is 0 Å². The van der Waals surface area contributed by atoms with Crippen LogP contribution in [0.2, 0.25) is 0 Å². The minimum atomic E-state index is -3.71. The third-order valence-electron chi connectivity index (χ3n) is 3.69. The van der Waals surface area contributed by atoms with E-state index in [1.165, 1.54) is 0 Å². The van der Waals surface area contributed by atoms with E-state index in [-0.39, 0.29) is 18.0 Å². The predicted octanol–water partition coefficient (Wildman–Crippen LogP) is 3.67. The molecular formula is C20H17BrN2O3S. The van der Waals surface area contributed by atoms with E-state index in [2.05, 4.69) is 37.5 Å². The van der Waals surface area contributed by atoms with Gasteiger partial charge in [-0.2, -0.15) is 4.72 Å². The molecule has 0 bridgehead atoms. The number of benzene rings is 2. The topological polar surface area (TPSA) is 68.3 Å². The summed E-state index contributed by atoms with van der Waals surface area (Å²) in [7, 11) is -3.71. The van der Waals surface area contributed by atoms with Gasteiger partial charge in [0.25, 0.3) is 0 Å². The Hall–Kier alpha value is -2.40. The molecule has 0 fully saturated rings. The minimum Gasteiger partial charge on any atom is -0.481 e. The number of halogens is 1. The number of nitrogens with one attached hydrogen (secondary N) is 1. The number of para-hydroxylation sites is 1.